The minimum Gasteiger partial charge on any atom is -0.497 e. The Balaban J connectivity index is 1.94. The van der Waals surface area contributed by atoms with E-state index in [4.69, 9.17) is 9.26 Å². The number of ether oxygens (including phenoxy) is 1. The number of methoxy groups -OCH3 is 1. The number of likely N-dealkylation sites (N-methyl/N-ethyl adjacent to an activating group) is 1. The van der Waals surface area contributed by atoms with E-state index < -0.39 is 0 Å². The fraction of sp³-hybridized carbons (Fsp3) is 0.467. The molecule has 0 saturated carbocycles. The maximum atomic E-state index is 5.27. The van der Waals surface area contributed by atoms with Crippen LogP contribution in [0.4, 0.5) is 0 Å². The zero-order valence-electron chi connectivity index (χ0n) is 12.2. The first-order valence-electron chi connectivity index (χ1n) is 6.89. The first kappa shape index (κ1) is 14.5. The summed E-state index contributed by atoms with van der Waals surface area (Å²) in [4.78, 5) is 4.42. The Labute approximate surface area is 119 Å². The van der Waals surface area contributed by atoms with Crippen LogP contribution in [0.2, 0.25) is 0 Å². The van der Waals surface area contributed by atoms with Crippen LogP contribution in [-0.4, -0.2) is 29.8 Å². The van der Waals surface area contributed by atoms with E-state index >= 15 is 0 Å². The zero-order chi connectivity index (χ0) is 14.4. The third-order valence-electron chi connectivity index (χ3n) is 3.06. The molecule has 1 atom stereocenters. The summed E-state index contributed by atoms with van der Waals surface area (Å²) in [6.07, 6.45) is 1.42. The maximum Gasteiger partial charge on any atom is 0.228 e. The highest BCUT2D eigenvalue weighted by molar-refractivity contribution is 5.28. The van der Waals surface area contributed by atoms with Gasteiger partial charge >= 0.3 is 0 Å². The minimum atomic E-state index is 0.342. The molecular weight excluding hydrogens is 254 g/mol. The molecule has 5 nitrogen and oxygen atoms in total. The van der Waals surface area contributed by atoms with Crippen molar-refractivity contribution < 1.29 is 9.26 Å². The Hall–Kier alpha value is -1.88. The molecule has 0 fully saturated rings. The highest BCUT2D eigenvalue weighted by atomic mass is 16.5. The van der Waals surface area contributed by atoms with Crippen LogP contribution >= 0.6 is 0 Å². The van der Waals surface area contributed by atoms with Crippen molar-refractivity contribution in [2.75, 3.05) is 13.7 Å². The van der Waals surface area contributed by atoms with Crippen molar-refractivity contribution in [3.05, 3.63) is 41.5 Å². The fourth-order valence-electron chi connectivity index (χ4n) is 2.05. The monoisotopic (exact) mass is 275 g/mol. The molecule has 5 heteroatoms. The number of rotatable bonds is 7. The van der Waals surface area contributed by atoms with Gasteiger partial charge in [-0.3, -0.25) is 0 Å². The molecule has 1 unspecified atom stereocenters. The SMILES string of the molecule is CCNC(C)Cc1nc(Cc2ccc(OC)cc2)no1. The average molecular weight is 275 g/mol. The van der Waals surface area contributed by atoms with Gasteiger partial charge < -0.3 is 14.6 Å². The number of hydrogen-bond acceptors (Lipinski definition) is 5. The van der Waals surface area contributed by atoms with Gasteiger partial charge in [-0.25, -0.2) is 0 Å². The van der Waals surface area contributed by atoms with E-state index in [1.54, 1.807) is 7.11 Å². The van der Waals surface area contributed by atoms with Crippen molar-refractivity contribution in [2.45, 2.75) is 32.7 Å². The zero-order valence-corrected chi connectivity index (χ0v) is 12.2. The number of nitrogens with zero attached hydrogens (tertiary/aromatic N) is 2. The Morgan fingerprint density at radius 1 is 1.30 bits per heavy atom. The summed E-state index contributed by atoms with van der Waals surface area (Å²) in [7, 11) is 1.66. The van der Waals surface area contributed by atoms with Crippen molar-refractivity contribution >= 4 is 0 Å². The summed E-state index contributed by atoms with van der Waals surface area (Å²) >= 11 is 0. The van der Waals surface area contributed by atoms with E-state index in [0.29, 0.717) is 24.2 Å². The largest absolute Gasteiger partial charge is 0.497 e. The molecule has 1 aromatic carbocycles. The van der Waals surface area contributed by atoms with Crippen molar-refractivity contribution in [3.63, 3.8) is 0 Å². The lowest BCUT2D eigenvalue weighted by atomic mass is 10.1. The quantitative estimate of drug-likeness (QED) is 0.839. The van der Waals surface area contributed by atoms with Crippen LogP contribution in [0.3, 0.4) is 0 Å². The number of benzene rings is 1. The van der Waals surface area contributed by atoms with Gasteiger partial charge in [-0.15, -0.1) is 0 Å². The molecule has 1 aromatic heterocycles. The Bertz CT molecular complexity index is 522. The number of nitrogens with one attached hydrogen (secondary N) is 1. The average Bonchev–Trinajstić information content (AvgIpc) is 2.87. The molecule has 0 saturated heterocycles. The third-order valence-corrected chi connectivity index (χ3v) is 3.06. The van der Waals surface area contributed by atoms with Gasteiger partial charge in [0.25, 0.3) is 0 Å². The second-order valence-electron chi connectivity index (χ2n) is 4.79. The molecule has 2 rings (SSSR count). The molecule has 0 bridgehead atoms. The van der Waals surface area contributed by atoms with E-state index in [-0.39, 0.29) is 0 Å². The topological polar surface area (TPSA) is 60.2 Å². The van der Waals surface area contributed by atoms with E-state index in [1.165, 1.54) is 0 Å². The van der Waals surface area contributed by atoms with Crippen LogP contribution in [0.15, 0.2) is 28.8 Å². The van der Waals surface area contributed by atoms with Crippen LogP contribution in [-0.2, 0) is 12.8 Å². The number of aromatic nitrogens is 2. The minimum absolute atomic E-state index is 0.342. The maximum absolute atomic E-state index is 5.27. The second kappa shape index (κ2) is 7.05. The summed E-state index contributed by atoms with van der Waals surface area (Å²) in [6, 6.07) is 8.23. The van der Waals surface area contributed by atoms with Gasteiger partial charge in [-0.2, -0.15) is 4.98 Å². The summed E-state index contributed by atoms with van der Waals surface area (Å²) in [5.74, 6) is 2.25. The van der Waals surface area contributed by atoms with E-state index in [1.807, 2.05) is 24.3 Å². The highest BCUT2D eigenvalue weighted by Crippen LogP contribution is 2.14. The molecule has 20 heavy (non-hydrogen) atoms. The normalized spacial score (nSPS) is 12.3. The molecule has 0 aliphatic carbocycles. The molecule has 2 aromatic rings. The predicted molar refractivity (Wildman–Crippen MR) is 76.9 cm³/mol. The van der Waals surface area contributed by atoms with Crippen molar-refractivity contribution in [2.24, 2.45) is 0 Å². The molecular formula is C15H21N3O2. The molecule has 0 amide bonds. The predicted octanol–water partition coefficient (Wildman–Crippen LogP) is 2.21. The van der Waals surface area contributed by atoms with Crippen LogP contribution in [0.5, 0.6) is 5.75 Å². The van der Waals surface area contributed by atoms with Gasteiger partial charge in [0, 0.05) is 18.9 Å². The standard InChI is InChI=1S/C15H21N3O2/c1-4-16-11(2)9-15-17-14(18-20-15)10-12-5-7-13(19-3)8-6-12/h5-8,11,16H,4,9-10H2,1-3H3. The fourth-order valence-corrected chi connectivity index (χ4v) is 2.05. The van der Waals surface area contributed by atoms with Gasteiger partial charge in [-0.05, 0) is 31.2 Å². The highest BCUT2D eigenvalue weighted by Gasteiger charge is 2.10. The molecule has 0 aliphatic rings. The Kier molecular flexibility index (Phi) is 5.12. The van der Waals surface area contributed by atoms with E-state index in [2.05, 4.69) is 29.3 Å². The molecule has 1 heterocycles. The second-order valence-corrected chi connectivity index (χ2v) is 4.79. The summed E-state index contributed by atoms with van der Waals surface area (Å²) < 4.78 is 10.4. The molecule has 0 radical (unpaired) electrons. The van der Waals surface area contributed by atoms with Crippen molar-refractivity contribution in [3.8, 4) is 5.75 Å². The first-order chi connectivity index (χ1) is 9.71. The van der Waals surface area contributed by atoms with Gasteiger partial charge in [0.2, 0.25) is 5.89 Å². The van der Waals surface area contributed by atoms with Gasteiger partial charge in [-0.1, -0.05) is 24.2 Å². The summed E-state index contributed by atoms with van der Waals surface area (Å²) in [5, 5.41) is 7.35. The summed E-state index contributed by atoms with van der Waals surface area (Å²) in [6.45, 7) is 5.13. The lowest BCUT2D eigenvalue weighted by Crippen LogP contribution is -2.27. The lowest BCUT2D eigenvalue weighted by Gasteiger charge is -2.07. The molecule has 108 valence electrons. The lowest BCUT2D eigenvalue weighted by molar-refractivity contribution is 0.359. The summed E-state index contributed by atoms with van der Waals surface area (Å²) in [5.41, 5.74) is 1.14. The van der Waals surface area contributed by atoms with Crippen LogP contribution in [0.25, 0.3) is 0 Å². The van der Waals surface area contributed by atoms with Crippen molar-refractivity contribution in [1.82, 2.24) is 15.5 Å². The molecule has 0 aliphatic heterocycles. The molecule has 1 N–H and O–H groups in total. The van der Waals surface area contributed by atoms with Gasteiger partial charge in [0.05, 0.1) is 7.11 Å². The van der Waals surface area contributed by atoms with E-state index in [0.717, 1.165) is 24.3 Å². The Morgan fingerprint density at radius 3 is 2.70 bits per heavy atom. The van der Waals surface area contributed by atoms with Crippen molar-refractivity contribution in [1.29, 1.82) is 0 Å². The van der Waals surface area contributed by atoms with Gasteiger partial charge in [0.1, 0.15) is 5.75 Å². The first-order valence-corrected chi connectivity index (χ1v) is 6.89. The van der Waals surface area contributed by atoms with Gasteiger partial charge in [0.15, 0.2) is 5.82 Å². The third kappa shape index (κ3) is 4.06. The smallest absolute Gasteiger partial charge is 0.228 e. The van der Waals surface area contributed by atoms with Crippen LogP contribution < -0.4 is 10.1 Å². The Morgan fingerprint density at radius 2 is 2.05 bits per heavy atom. The van der Waals surface area contributed by atoms with Crippen LogP contribution in [0.1, 0.15) is 31.1 Å². The van der Waals surface area contributed by atoms with Crippen LogP contribution in [0, 0.1) is 0 Å². The molecule has 0 spiro atoms. The van der Waals surface area contributed by atoms with E-state index in [9.17, 15) is 0 Å². The number of hydrogen-bond donors (Lipinski definition) is 1.